The first kappa shape index (κ1) is 12.5. The Morgan fingerprint density at radius 1 is 0.667 bits per heavy atom. The lowest BCUT2D eigenvalue weighted by molar-refractivity contribution is 0.756. The van der Waals surface area contributed by atoms with E-state index in [1.165, 1.54) is 0 Å². The minimum absolute atomic E-state index is 0.941. The van der Waals surface area contributed by atoms with Crippen LogP contribution in [0.15, 0.2) is 65.4 Å². The molecule has 1 aromatic carbocycles. The number of rotatable bonds is 3. The molecule has 3 aromatic heterocycles. The Bertz CT molecular complexity index is 779. The van der Waals surface area contributed by atoms with Gasteiger partial charge in [0.05, 0.1) is 15.4 Å². The Balaban J connectivity index is 1.91. The van der Waals surface area contributed by atoms with Crippen molar-refractivity contribution in [2.24, 2.45) is 0 Å². The van der Waals surface area contributed by atoms with Crippen LogP contribution < -0.4 is 0 Å². The predicted molar refractivity (Wildman–Crippen MR) is 88.0 cm³/mol. The van der Waals surface area contributed by atoms with Gasteiger partial charge in [-0.1, -0.05) is 30.3 Å². The van der Waals surface area contributed by atoms with E-state index in [1.807, 2.05) is 42.5 Å². The molecule has 0 N–H and O–H groups in total. The molecule has 21 heavy (non-hydrogen) atoms. The third kappa shape index (κ3) is 2.30. The number of hydrogen-bond acceptors (Lipinski definition) is 4. The zero-order chi connectivity index (χ0) is 14.1. The molecule has 0 aliphatic carbocycles. The molecule has 0 amide bonds. The van der Waals surface area contributed by atoms with Crippen LogP contribution in [0.4, 0.5) is 0 Å². The number of para-hydroxylation sites is 1. The van der Waals surface area contributed by atoms with Crippen molar-refractivity contribution in [3.63, 3.8) is 0 Å². The average Bonchev–Trinajstić information content (AvgIpc) is 3.27. The molecule has 0 saturated carbocycles. The fraction of sp³-hybridized carbons (Fsp3) is 0. The molecule has 0 spiro atoms. The summed E-state index contributed by atoms with van der Waals surface area (Å²) >= 11 is 3.37. The Kier molecular flexibility index (Phi) is 3.14. The first-order valence-corrected chi connectivity index (χ1v) is 8.28. The van der Waals surface area contributed by atoms with Crippen LogP contribution in [0.1, 0.15) is 0 Å². The molecule has 0 aliphatic heterocycles. The van der Waals surface area contributed by atoms with Gasteiger partial charge in [0.1, 0.15) is 11.4 Å². The second-order valence-corrected chi connectivity index (χ2v) is 6.37. The van der Waals surface area contributed by atoms with Crippen LogP contribution in [0.3, 0.4) is 0 Å². The van der Waals surface area contributed by atoms with Crippen molar-refractivity contribution in [2.45, 2.75) is 0 Å². The summed E-state index contributed by atoms with van der Waals surface area (Å²) in [4.78, 5) is 3.99. The molecule has 3 nitrogen and oxygen atoms in total. The van der Waals surface area contributed by atoms with Crippen molar-refractivity contribution >= 4 is 22.7 Å². The molecule has 0 aliphatic rings. The van der Waals surface area contributed by atoms with Crippen molar-refractivity contribution in [1.82, 2.24) is 15.0 Å². The topological polar surface area (TPSA) is 30.7 Å². The third-order valence-electron chi connectivity index (χ3n) is 3.11. The van der Waals surface area contributed by atoms with Crippen LogP contribution >= 0.6 is 22.7 Å². The zero-order valence-electron chi connectivity index (χ0n) is 11.0. The van der Waals surface area contributed by atoms with Crippen LogP contribution in [-0.2, 0) is 0 Å². The third-order valence-corrected chi connectivity index (χ3v) is 4.86. The van der Waals surface area contributed by atoms with E-state index in [0.717, 1.165) is 26.8 Å². The molecule has 5 heteroatoms. The molecule has 0 bridgehead atoms. The highest BCUT2D eigenvalue weighted by atomic mass is 32.1. The first-order valence-electron chi connectivity index (χ1n) is 6.52. The van der Waals surface area contributed by atoms with Gasteiger partial charge in [-0.2, -0.15) is 4.80 Å². The van der Waals surface area contributed by atoms with Crippen molar-refractivity contribution in [1.29, 1.82) is 0 Å². The summed E-state index contributed by atoms with van der Waals surface area (Å²) in [5, 5.41) is 13.5. The van der Waals surface area contributed by atoms with Gasteiger partial charge >= 0.3 is 0 Å². The molecule has 4 aromatic rings. The average molecular weight is 309 g/mol. The normalized spacial score (nSPS) is 10.9. The number of thiophene rings is 2. The predicted octanol–water partition coefficient (Wildman–Crippen LogP) is 4.72. The van der Waals surface area contributed by atoms with Crippen LogP contribution in [0, 0.1) is 0 Å². The van der Waals surface area contributed by atoms with Crippen molar-refractivity contribution in [3.8, 4) is 26.8 Å². The summed E-state index contributed by atoms with van der Waals surface area (Å²) in [6.45, 7) is 0. The summed E-state index contributed by atoms with van der Waals surface area (Å²) < 4.78 is 0. The summed E-state index contributed by atoms with van der Waals surface area (Å²) in [5.41, 5.74) is 2.85. The van der Waals surface area contributed by atoms with E-state index < -0.39 is 0 Å². The van der Waals surface area contributed by atoms with Gasteiger partial charge in [-0.05, 0) is 35.0 Å². The van der Waals surface area contributed by atoms with Crippen LogP contribution in [0.2, 0.25) is 0 Å². The summed E-state index contributed by atoms with van der Waals surface area (Å²) in [6, 6.07) is 18.3. The Hall–Kier alpha value is -2.24. The standard InChI is InChI=1S/C16H11N3S2/c1-2-6-12(7-3-1)19-17-15(13-8-4-10-20-13)16(18-19)14-9-5-11-21-14/h1-11H. The Morgan fingerprint density at radius 2 is 1.24 bits per heavy atom. The van der Waals surface area contributed by atoms with Crippen molar-refractivity contribution in [3.05, 3.63) is 65.4 Å². The first-order chi connectivity index (χ1) is 10.4. The van der Waals surface area contributed by atoms with Crippen molar-refractivity contribution < 1.29 is 0 Å². The van der Waals surface area contributed by atoms with Gasteiger partial charge in [0.15, 0.2) is 0 Å². The monoisotopic (exact) mass is 309 g/mol. The highest BCUT2D eigenvalue weighted by molar-refractivity contribution is 7.14. The van der Waals surface area contributed by atoms with E-state index >= 15 is 0 Å². The minimum atomic E-state index is 0.941. The molecule has 0 unspecified atom stereocenters. The van der Waals surface area contributed by atoms with Crippen LogP contribution in [0.5, 0.6) is 0 Å². The number of benzene rings is 1. The quantitative estimate of drug-likeness (QED) is 0.548. The SMILES string of the molecule is c1ccc(-n2nc(-c3cccs3)c(-c3cccs3)n2)cc1. The lowest BCUT2D eigenvalue weighted by atomic mass is 10.2. The fourth-order valence-electron chi connectivity index (χ4n) is 2.14. The maximum atomic E-state index is 4.70. The van der Waals surface area contributed by atoms with Gasteiger partial charge in [-0.3, -0.25) is 0 Å². The molecule has 3 heterocycles. The number of nitrogens with zero attached hydrogens (tertiary/aromatic N) is 3. The Morgan fingerprint density at radius 3 is 1.71 bits per heavy atom. The van der Waals surface area contributed by atoms with E-state index in [2.05, 4.69) is 22.9 Å². The van der Waals surface area contributed by atoms with E-state index in [0.29, 0.717) is 0 Å². The molecule has 0 fully saturated rings. The molecule has 4 rings (SSSR count). The van der Waals surface area contributed by atoms with E-state index in [4.69, 9.17) is 10.2 Å². The fourth-order valence-corrected chi connectivity index (χ4v) is 3.56. The second-order valence-electron chi connectivity index (χ2n) is 4.48. The highest BCUT2D eigenvalue weighted by Gasteiger charge is 2.17. The van der Waals surface area contributed by atoms with Gasteiger partial charge in [0.2, 0.25) is 0 Å². The lowest BCUT2D eigenvalue weighted by Crippen LogP contribution is -1.97. The smallest absolute Gasteiger partial charge is 0.132 e. The molecule has 0 saturated heterocycles. The van der Waals surface area contributed by atoms with Crippen LogP contribution in [0.25, 0.3) is 26.8 Å². The maximum absolute atomic E-state index is 4.70. The van der Waals surface area contributed by atoms with Gasteiger partial charge in [0, 0.05) is 0 Å². The largest absolute Gasteiger partial charge is 0.150 e. The summed E-state index contributed by atoms with van der Waals surface area (Å²) in [5.74, 6) is 0. The molecular weight excluding hydrogens is 298 g/mol. The molecule has 102 valence electrons. The number of hydrogen-bond donors (Lipinski definition) is 0. The second kappa shape index (κ2) is 5.27. The molecular formula is C16H11N3S2. The van der Waals surface area contributed by atoms with E-state index in [9.17, 15) is 0 Å². The van der Waals surface area contributed by atoms with Gasteiger partial charge < -0.3 is 0 Å². The van der Waals surface area contributed by atoms with E-state index in [1.54, 1.807) is 27.5 Å². The van der Waals surface area contributed by atoms with Crippen molar-refractivity contribution in [2.75, 3.05) is 0 Å². The Labute approximate surface area is 130 Å². The zero-order valence-corrected chi connectivity index (χ0v) is 12.6. The van der Waals surface area contributed by atoms with Gasteiger partial charge in [0.25, 0.3) is 0 Å². The highest BCUT2D eigenvalue weighted by Crippen LogP contribution is 2.34. The molecule has 0 atom stereocenters. The summed E-state index contributed by atoms with van der Waals surface area (Å²) in [7, 11) is 0. The minimum Gasteiger partial charge on any atom is -0.150 e. The maximum Gasteiger partial charge on any atom is 0.132 e. The van der Waals surface area contributed by atoms with E-state index in [-0.39, 0.29) is 0 Å². The molecule has 0 radical (unpaired) electrons. The lowest BCUT2D eigenvalue weighted by Gasteiger charge is -1.96. The summed E-state index contributed by atoms with van der Waals surface area (Å²) in [6.07, 6.45) is 0. The number of aromatic nitrogens is 3. The van der Waals surface area contributed by atoms with Gasteiger partial charge in [-0.25, -0.2) is 0 Å². The van der Waals surface area contributed by atoms with Crippen LogP contribution in [-0.4, -0.2) is 15.0 Å². The van der Waals surface area contributed by atoms with Gasteiger partial charge in [-0.15, -0.1) is 32.9 Å².